The Hall–Kier alpha value is -2.63. The van der Waals surface area contributed by atoms with Crippen LogP contribution in [0.1, 0.15) is 54.6 Å². The lowest BCUT2D eigenvalue weighted by Gasteiger charge is -2.17. The normalized spacial score (nSPS) is 15.3. The largest absolute Gasteiger partial charge is 0.494 e. The van der Waals surface area contributed by atoms with Crippen LogP contribution in [0.3, 0.4) is 0 Å². The third-order valence-electron chi connectivity index (χ3n) is 4.87. The standard InChI is InChI=1S/C20H25N3O3/c1-14-9-7-8-12-16(14)23-18(24)13-17(26-2)19(22-23)20(25)21-15-10-5-3-4-6-11-15/h7-9,12-13,15H,3-6,10-11H2,1-2H3,(H,21,25). The molecule has 6 nitrogen and oxygen atoms in total. The van der Waals surface area contributed by atoms with Crippen LogP contribution < -0.4 is 15.6 Å². The van der Waals surface area contributed by atoms with Crippen molar-refractivity contribution in [1.82, 2.24) is 15.1 Å². The van der Waals surface area contributed by atoms with Gasteiger partial charge in [0.25, 0.3) is 11.5 Å². The van der Waals surface area contributed by atoms with Crippen molar-refractivity contribution < 1.29 is 9.53 Å². The van der Waals surface area contributed by atoms with E-state index in [1.807, 2.05) is 31.2 Å². The molecule has 1 heterocycles. The first-order chi connectivity index (χ1) is 12.6. The number of para-hydroxylation sites is 1. The summed E-state index contributed by atoms with van der Waals surface area (Å²) in [5.41, 5.74) is 1.37. The van der Waals surface area contributed by atoms with E-state index in [0.717, 1.165) is 31.2 Å². The second kappa shape index (κ2) is 8.17. The van der Waals surface area contributed by atoms with Gasteiger partial charge in [-0.25, -0.2) is 0 Å². The summed E-state index contributed by atoms with van der Waals surface area (Å²) in [4.78, 5) is 25.3. The van der Waals surface area contributed by atoms with Gasteiger partial charge in [0.1, 0.15) is 0 Å². The molecular formula is C20H25N3O3. The van der Waals surface area contributed by atoms with Crippen LogP contribution >= 0.6 is 0 Å². The molecule has 0 aliphatic heterocycles. The Morgan fingerprint density at radius 3 is 2.54 bits per heavy atom. The molecule has 6 heteroatoms. The van der Waals surface area contributed by atoms with Crippen LogP contribution in [-0.4, -0.2) is 28.8 Å². The van der Waals surface area contributed by atoms with Crippen LogP contribution in [0.15, 0.2) is 35.1 Å². The quantitative estimate of drug-likeness (QED) is 0.856. The highest BCUT2D eigenvalue weighted by atomic mass is 16.5. The Bertz CT molecular complexity index is 836. The number of benzene rings is 1. The van der Waals surface area contributed by atoms with E-state index in [0.29, 0.717) is 5.69 Å². The number of nitrogens with zero attached hydrogens (tertiary/aromatic N) is 2. The molecule has 0 spiro atoms. The van der Waals surface area contributed by atoms with Gasteiger partial charge in [0.15, 0.2) is 11.4 Å². The number of carbonyl (C=O) groups is 1. The summed E-state index contributed by atoms with van der Waals surface area (Å²) in [5.74, 6) is -0.0953. The van der Waals surface area contributed by atoms with Gasteiger partial charge in [0.2, 0.25) is 0 Å². The summed E-state index contributed by atoms with van der Waals surface area (Å²) in [5, 5.41) is 7.40. The molecule has 0 radical (unpaired) electrons. The van der Waals surface area contributed by atoms with Gasteiger partial charge >= 0.3 is 0 Å². The van der Waals surface area contributed by atoms with Crippen molar-refractivity contribution in [2.45, 2.75) is 51.5 Å². The van der Waals surface area contributed by atoms with Crippen molar-refractivity contribution in [3.8, 4) is 11.4 Å². The van der Waals surface area contributed by atoms with Crippen LogP contribution in [-0.2, 0) is 0 Å². The summed E-state index contributed by atoms with van der Waals surface area (Å²) in [6.07, 6.45) is 6.63. The van der Waals surface area contributed by atoms with Crippen molar-refractivity contribution in [3.05, 3.63) is 51.9 Å². The predicted molar refractivity (Wildman–Crippen MR) is 100 cm³/mol. The molecule has 1 amide bonds. The van der Waals surface area contributed by atoms with E-state index < -0.39 is 0 Å². The Kier molecular flexibility index (Phi) is 5.71. The van der Waals surface area contributed by atoms with Gasteiger partial charge in [-0.05, 0) is 31.4 Å². The lowest BCUT2D eigenvalue weighted by Crippen LogP contribution is -2.36. The van der Waals surface area contributed by atoms with E-state index in [-0.39, 0.29) is 29.0 Å². The number of rotatable bonds is 4. The number of hydrogen-bond donors (Lipinski definition) is 1. The number of hydrogen-bond acceptors (Lipinski definition) is 4. The Balaban J connectivity index is 1.95. The molecule has 0 atom stereocenters. The molecule has 0 unspecified atom stereocenters. The monoisotopic (exact) mass is 355 g/mol. The molecule has 2 aromatic rings. The molecule has 1 aliphatic carbocycles. The van der Waals surface area contributed by atoms with Crippen LogP contribution in [0.25, 0.3) is 5.69 Å². The highest BCUT2D eigenvalue weighted by Crippen LogP contribution is 2.20. The van der Waals surface area contributed by atoms with Crippen molar-refractivity contribution in [3.63, 3.8) is 0 Å². The molecule has 26 heavy (non-hydrogen) atoms. The molecule has 1 aliphatic rings. The van der Waals surface area contributed by atoms with E-state index >= 15 is 0 Å². The lowest BCUT2D eigenvalue weighted by atomic mass is 10.1. The summed E-state index contributed by atoms with van der Waals surface area (Å²) in [7, 11) is 1.44. The lowest BCUT2D eigenvalue weighted by molar-refractivity contribution is 0.0923. The Morgan fingerprint density at radius 2 is 1.88 bits per heavy atom. The maximum Gasteiger partial charge on any atom is 0.275 e. The van der Waals surface area contributed by atoms with E-state index in [2.05, 4.69) is 10.4 Å². The topological polar surface area (TPSA) is 73.2 Å². The van der Waals surface area contributed by atoms with Gasteiger partial charge in [-0.1, -0.05) is 43.9 Å². The van der Waals surface area contributed by atoms with Crippen LogP contribution in [0.5, 0.6) is 5.75 Å². The van der Waals surface area contributed by atoms with Crippen LogP contribution in [0, 0.1) is 6.92 Å². The van der Waals surface area contributed by atoms with Gasteiger partial charge in [0.05, 0.1) is 18.9 Å². The molecule has 3 rings (SSSR count). The second-order valence-electron chi connectivity index (χ2n) is 6.76. The number of methoxy groups -OCH3 is 1. The number of nitrogens with one attached hydrogen (secondary N) is 1. The zero-order valence-corrected chi connectivity index (χ0v) is 15.3. The minimum absolute atomic E-state index is 0.139. The first-order valence-corrected chi connectivity index (χ1v) is 9.15. The van der Waals surface area contributed by atoms with Crippen molar-refractivity contribution in [2.24, 2.45) is 0 Å². The third-order valence-corrected chi connectivity index (χ3v) is 4.87. The summed E-state index contributed by atoms with van der Waals surface area (Å²) >= 11 is 0. The van der Waals surface area contributed by atoms with Gasteiger partial charge in [0, 0.05) is 6.04 Å². The highest BCUT2D eigenvalue weighted by molar-refractivity contribution is 5.95. The minimum Gasteiger partial charge on any atom is -0.494 e. The summed E-state index contributed by atoms with van der Waals surface area (Å²) in [6, 6.07) is 8.91. The minimum atomic E-state index is -0.331. The number of amides is 1. The zero-order valence-electron chi connectivity index (χ0n) is 15.3. The second-order valence-corrected chi connectivity index (χ2v) is 6.76. The SMILES string of the molecule is COc1cc(=O)n(-c2ccccc2C)nc1C(=O)NC1CCCCCC1. The molecule has 1 aromatic carbocycles. The highest BCUT2D eigenvalue weighted by Gasteiger charge is 2.22. The van der Waals surface area contributed by atoms with Gasteiger partial charge in [-0.15, -0.1) is 0 Å². The molecule has 138 valence electrons. The zero-order chi connectivity index (χ0) is 18.5. The van der Waals surface area contributed by atoms with Crippen molar-refractivity contribution in [1.29, 1.82) is 0 Å². The fourth-order valence-electron chi connectivity index (χ4n) is 3.40. The average molecular weight is 355 g/mol. The van der Waals surface area contributed by atoms with Crippen LogP contribution in [0.4, 0.5) is 0 Å². The van der Waals surface area contributed by atoms with E-state index in [4.69, 9.17) is 4.74 Å². The fraction of sp³-hybridized carbons (Fsp3) is 0.450. The van der Waals surface area contributed by atoms with Crippen molar-refractivity contribution in [2.75, 3.05) is 7.11 Å². The smallest absolute Gasteiger partial charge is 0.275 e. The molecule has 1 fully saturated rings. The fourth-order valence-corrected chi connectivity index (χ4v) is 3.40. The Morgan fingerprint density at radius 1 is 1.19 bits per heavy atom. The summed E-state index contributed by atoms with van der Waals surface area (Å²) in [6.45, 7) is 1.90. The van der Waals surface area contributed by atoms with E-state index in [9.17, 15) is 9.59 Å². The molecule has 0 bridgehead atoms. The number of aryl methyl sites for hydroxylation is 1. The molecule has 0 saturated heterocycles. The number of carbonyl (C=O) groups excluding carboxylic acids is 1. The van der Waals surface area contributed by atoms with Crippen molar-refractivity contribution >= 4 is 5.91 Å². The van der Waals surface area contributed by atoms with Crippen LogP contribution in [0.2, 0.25) is 0 Å². The maximum atomic E-state index is 12.8. The molecule has 1 aromatic heterocycles. The molecule has 1 N–H and O–H groups in total. The van der Waals surface area contributed by atoms with Gasteiger partial charge in [-0.2, -0.15) is 9.78 Å². The first kappa shape index (κ1) is 18.2. The predicted octanol–water partition coefficient (Wildman–Crippen LogP) is 3.00. The van der Waals surface area contributed by atoms with Gasteiger partial charge in [-0.3, -0.25) is 9.59 Å². The van der Waals surface area contributed by atoms with E-state index in [1.165, 1.54) is 30.7 Å². The third kappa shape index (κ3) is 3.95. The van der Waals surface area contributed by atoms with E-state index in [1.54, 1.807) is 0 Å². The number of aromatic nitrogens is 2. The Labute approximate surface area is 153 Å². The summed E-state index contributed by atoms with van der Waals surface area (Å²) < 4.78 is 6.51. The molecule has 1 saturated carbocycles. The first-order valence-electron chi connectivity index (χ1n) is 9.15. The number of ether oxygens (including phenoxy) is 1. The maximum absolute atomic E-state index is 12.8. The molecular weight excluding hydrogens is 330 g/mol. The average Bonchev–Trinajstić information content (AvgIpc) is 2.90. The van der Waals surface area contributed by atoms with Gasteiger partial charge < -0.3 is 10.1 Å².